The van der Waals surface area contributed by atoms with E-state index in [9.17, 15) is 0 Å². The summed E-state index contributed by atoms with van der Waals surface area (Å²) in [7, 11) is 1.68. The van der Waals surface area contributed by atoms with E-state index < -0.39 is 0 Å². The molecule has 0 N–H and O–H groups in total. The summed E-state index contributed by atoms with van der Waals surface area (Å²) in [6, 6.07) is 8.07. The van der Waals surface area contributed by atoms with Gasteiger partial charge in [0.2, 0.25) is 0 Å². The number of aromatic nitrogens is 1. The average Bonchev–Trinajstić information content (AvgIpc) is 2.86. The minimum Gasteiger partial charge on any atom is -0.496 e. The van der Waals surface area contributed by atoms with Gasteiger partial charge in [-0.1, -0.05) is 13.8 Å². The zero-order valence-electron chi connectivity index (χ0n) is 10.6. The number of nitriles is 1. The molecule has 1 heterocycles. The van der Waals surface area contributed by atoms with Gasteiger partial charge in [-0.05, 0) is 29.7 Å². The monoisotopic (exact) mass is 258 g/mol. The maximum atomic E-state index is 8.80. The van der Waals surface area contributed by atoms with Crippen molar-refractivity contribution in [1.82, 2.24) is 4.98 Å². The lowest BCUT2D eigenvalue weighted by molar-refractivity contribution is 0.407. The molecule has 3 nitrogen and oxygen atoms in total. The van der Waals surface area contributed by atoms with Crippen molar-refractivity contribution in [3.63, 3.8) is 0 Å². The zero-order valence-corrected chi connectivity index (χ0v) is 11.4. The van der Waals surface area contributed by atoms with Crippen LogP contribution in [0.5, 0.6) is 5.75 Å². The van der Waals surface area contributed by atoms with Gasteiger partial charge in [-0.2, -0.15) is 5.26 Å². The van der Waals surface area contributed by atoms with Gasteiger partial charge in [0.15, 0.2) is 5.01 Å². The lowest BCUT2D eigenvalue weighted by Crippen LogP contribution is -1.95. The van der Waals surface area contributed by atoms with Crippen molar-refractivity contribution in [2.45, 2.75) is 19.8 Å². The number of methoxy groups -OCH3 is 1. The molecule has 0 bridgehead atoms. The molecular formula is C14H14N2OS. The van der Waals surface area contributed by atoms with Crippen LogP contribution in [-0.4, -0.2) is 12.1 Å². The first-order valence-electron chi connectivity index (χ1n) is 5.69. The third kappa shape index (κ3) is 2.36. The first-order chi connectivity index (χ1) is 8.65. The third-order valence-corrected chi connectivity index (χ3v) is 3.49. The van der Waals surface area contributed by atoms with Crippen LogP contribution in [0.4, 0.5) is 0 Å². The molecule has 2 aromatic rings. The zero-order chi connectivity index (χ0) is 13.1. The molecule has 4 heteroatoms. The SMILES string of the molecule is COc1ccc(-c2csc(C#N)n2)cc1C(C)C. The van der Waals surface area contributed by atoms with Gasteiger partial charge in [0.1, 0.15) is 11.8 Å². The Morgan fingerprint density at radius 2 is 2.17 bits per heavy atom. The van der Waals surface area contributed by atoms with E-state index in [1.165, 1.54) is 11.3 Å². The Morgan fingerprint density at radius 3 is 2.72 bits per heavy atom. The van der Waals surface area contributed by atoms with Crippen molar-refractivity contribution in [3.8, 4) is 23.1 Å². The maximum absolute atomic E-state index is 8.80. The van der Waals surface area contributed by atoms with Crippen molar-refractivity contribution in [2.75, 3.05) is 7.11 Å². The fourth-order valence-electron chi connectivity index (χ4n) is 1.80. The van der Waals surface area contributed by atoms with E-state index in [-0.39, 0.29) is 0 Å². The minimum atomic E-state index is 0.383. The fourth-order valence-corrected chi connectivity index (χ4v) is 2.42. The molecule has 0 unspecified atom stereocenters. The molecule has 0 fully saturated rings. The van der Waals surface area contributed by atoms with Gasteiger partial charge in [-0.3, -0.25) is 0 Å². The van der Waals surface area contributed by atoms with Gasteiger partial charge in [-0.15, -0.1) is 11.3 Å². The number of benzene rings is 1. The van der Waals surface area contributed by atoms with Crippen LogP contribution in [0, 0.1) is 11.3 Å². The van der Waals surface area contributed by atoms with Crippen LogP contribution in [0.15, 0.2) is 23.6 Å². The molecule has 0 atom stereocenters. The molecule has 0 saturated heterocycles. The standard InChI is InChI=1S/C14H14N2OS/c1-9(2)11-6-10(4-5-13(11)17-3)12-8-18-14(7-15)16-12/h4-6,8-9H,1-3H3. The average molecular weight is 258 g/mol. The highest BCUT2D eigenvalue weighted by Gasteiger charge is 2.11. The molecule has 1 aromatic carbocycles. The number of nitrogens with zero attached hydrogens (tertiary/aromatic N) is 2. The van der Waals surface area contributed by atoms with Gasteiger partial charge < -0.3 is 4.74 Å². The first-order valence-corrected chi connectivity index (χ1v) is 6.57. The van der Waals surface area contributed by atoms with Crippen LogP contribution in [0.1, 0.15) is 30.3 Å². The lowest BCUT2D eigenvalue weighted by Gasteiger charge is -2.12. The van der Waals surface area contributed by atoms with Crippen LogP contribution in [-0.2, 0) is 0 Å². The van der Waals surface area contributed by atoms with Crippen LogP contribution >= 0.6 is 11.3 Å². The summed E-state index contributed by atoms with van der Waals surface area (Å²) < 4.78 is 5.35. The Hall–Kier alpha value is -1.86. The Bertz CT molecular complexity index is 596. The van der Waals surface area contributed by atoms with Crippen molar-refractivity contribution in [2.24, 2.45) is 0 Å². The third-order valence-electron chi connectivity index (χ3n) is 2.75. The van der Waals surface area contributed by atoms with Gasteiger partial charge in [-0.25, -0.2) is 4.98 Å². The van der Waals surface area contributed by atoms with E-state index in [0.717, 1.165) is 22.6 Å². The second kappa shape index (κ2) is 5.19. The normalized spacial score (nSPS) is 10.4. The molecule has 18 heavy (non-hydrogen) atoms. The summed E-state index contributed by atoms with van der Waals surface area (Å²) in [4.78, 5) is 4.27. The highest BCUT2D eigenvalue weighted by atomic mass is 32.1. The molecule has 1 aromatic heterocycles. The molecule has 0 aliphatic carbocycles. The van der Waals surface area contributed by atoms with E-state index in [0.29, 0.717) is 10.9 Å². The molecular weight excluding hydrogens is 244 g/mol. The first kappa shape index (κ1) is 12.6. The quantitative estimate of drug-likeness (QED) is 0.840. The molecule has 0 saturated carbocycles. The lowest BCUT2D eigenvalue weighted by atomic mass is 9.99. The summed E-state index contributed by atoms with van der Waals surface area (Å²) in [6.07, 6.45) is 0. The second-order valence-electron chi connectivity index (χ2n) is 4.26. The topological polar surface area (TPSA) is 45.9 Å². The molecule has 0 spiro atoms. The van der Waals surface area contributed by atoms with Gasteiger partial charge in [0.05, 0.1) is 12.8 Å². The summed E-state index contributed by atoms with van der Waals surface area (Å²) in [6.45, 7) is 4.26. The molecule has 0 aliphatic rings. The number of rotatable bonds is 3. The Balaban J connectivity index is 2.46. The van der Waals surface area contributed by atoms with E-state index in [1.54, 1.807) is 7.11 Å². The van der Waals surface area contributed by atoms with Crippen molar-refractivity contribution < 1.29 is 4.74 Å². The number of thiazole rings is 1. The Kier molecular flexibility index (Phi) is 3.63. The van der Waals surface area contributed by atoms with Crippen LogP contribution < -0.4 is 4.74 Å². The highest BCUT2D eigenvalue weighted by molar-refractivity contribution is 7.10. The number of hydrogen-bond acceptors (Lipinski definition) is 4. The van der Waals surface area contributed by atoms with Crippen LogP contribution in [0.3, 0.4) is 0 Å². The predicted molar refractivity (Wildman–Crippen MR) is 72.9 cm³/mol. The maximum Gasteiger partial charge on any atom is 0.194 e. The summed E-state index contributed by atoms with van der Waals surface area (Å²) >= 11 is 1.37. The highest BCUT2D eigenvalue weighted by Crippen LogP contribution is 2.31. The van der Waals surface area contributed by atoms with E-state index >= 15 is 0 Å². The summed E-state index contributed by atoms with van der Waals surface area (Å²) in [5.41, 5.74) is 3.03. The number of hydrogen-bond donors (Lipinski definition) is 0. The summed E-state index contributed by atoms with van der Waals surface area (Å²) in [5, 5.41) is 11.2. The van der Waals surface area contributed by atoms with Crippen LogP contribution in [0.2, 0.25) is 0 Å². The molecule has 92 valence electrons. The van der Waals surface area contributed by atoms with Gasteiger partial charge >= 0.3 is 0 Å². The van der Waals surface area contributed by atoms with E-state index in [4.69, 9.17) is 10.00 Å². The minimum absolute atomic E-state index is 0.383. The Labute approximate surface area is 111 Å². The summed E-state index contributed by atoms with van der Waals surface area (Å²) in [5.74, 6) is 1.28. The van der Waals surface area contributed by atoms with Crippen molar-refractivity contribution in [3.05, 3.63) is 34.2 Å². The molecule has 0 amide bonds. The fraction of sp³-hybridized carbons (Fsp3) is 0.286. The van der Waals surface area contributed by atoms with Crippen LogP contribution in [0.25, 0.3) is 11.3 Å². The van der Waals surface area contributed by atoms with Gasteiger partial charge in [0.25, 0.3) is 0 Å². The molecule has 0 aliphatic heterocycles. The largest absolute Gasteiger partial charge is 0.496 e. The molecule has 2 rings (SSSR count). The predicted octanol–water partition coefficient (Wildman–Crippen LogP) is 3.81. The van der Waals surface area contributed by atoms with Crippen molar-refractivity contribution in [1.29, 1.82) is 5.26 Å². The van der Waals surface area contributed by atoms with E-state index in [2.05, 4.69) is 31.0 Å². The molecule has 0 radical (unpaired) electrons. The smallest absolute Gasteiger partial charge is 0.194 e. The van der Waals surface area contributed by atoms with Gasteiger partial charge in [0, 0.05) is 10.9 Å². The second-order valence-corrected chi connectivity index (χ2v) is 5.12. The Morgan fingerprint density at radius 1 is 1.39 bits per heavy atom. The number of ether oxygens (including phenoxy) is 1. The van der Waals surface area contributed by atoms with E-state index in [1.807, 2.05) is 17.5 Å². The van der Waals surface area contributed by atoms with Crippen molar-refractivity contribution >= 4 is 11.3 Å².